The molecule has 1 aliphatic rings. The molecule has 1 aromatic carbocycles. The van der Waals surface area contributed by atoms with Crippen LogP contribution >= 0.6 is 23.4 Å². The van der Waals surface area contributed by atoms with Gasteiger partial charge >= 0.3 is 6.18 Å². The highest BCUT2D eigenvalue weighted by Crippen LogP contribution is 2.38. The average molecular weight is 338 g/mol. The fraction of sp³-hybridized carbons (Fsp3) is 0.385. The summed E-state index contributed by atoms with van der Waals surface area (Å²) in [4.78, 5) is 24.8. The highest BCUT2D eigenvalue weighted by Gasteiger charge is 2.41. The number of carbonyl (C=O) groups excluding carboxylic acids is 2. The minimum atomic E-state index is -4.64. The molecule has 1 atom stereocenters. The van der Waals surface area contributed by atoms with Gasteiger partial charge in [0, 0.05) is 6.42 Å². The van der Waals surface area contributed by atoms with E-state index in [9.17, 15) is 22.8 Å². The number of anilines is 1. The molecular weight excluding hydrogens is 327 g/mol. The van der Waals surface area contributed by atoms with E-state index in [0.717, 1.165) is 17.0 Å². The zero-order chi connectivity index (χ0) is 15.8. The van der Waals surface area contributed by atoms with Gasteiger partial charge in [-0.15, -0.1) is 11.8 Å². The van der Waals surface area contributed by atoms with Gasteiger partial charge in [0.2, 0.25) is 11.8 Å². The van der Waals surface area contributed by atoms with Gasteiger partial charge in [0.15, 0.2) is 0 Å². The molecule has 1 heterocycles. The van der Waals surface area contributed by atoms with Crippen LogP contribution in [0, 0.1) is 0 Å². The predicted octanol–water partition coefficient (Wildman–Crippen LogP) is 3.74. The van der Waals surface area contributed by atoms with Crippen molar-refractivity contribution >= 4 is 40.9 Å². The monoisotopic (exact) mass is 337 g/mol. The standard InChI is InChI=1S/C13H11ClF3NO2S/c1-2-21-10-6-11(19)18(12(10)20)7-3-4-9(14)8(5-7)13(15,16)17/h3-5,10H,2,6H2,1H3. The fourth-order valence-corrected chi connectivity index (χ4v) is 3.21. The summed E-state index contributed by atoms with van der Waals surface area (Å²) in [6.07, 6.45) is -4.64. The number of hydrogen-bond acceptors (Lipinski definition) is 3. The Morgan fingerprint density at radius 2 is 2.05 bits per heavy atom. The lowest BCUT2D eigenvalue weighted by Gasteiger charge is -2.17. The number of alkyl halides is 3. The third kappa shape index (κ3) is 3.18. The summed E-state index contributed by atoms with van der Waals surface area (Å²) in [5.74, 6) is -0.338. The molecular formula is C13H11ClF3NO2S. The average Bonchev–Trinajstić information content (AvgIpc) is 2.65. The molecule has 0 saturated carbocycles. The van der Waals surface area contributed by atoms with Crippen LogP contribution in [0.25, 0.3) is 0 Å². The third-order valence-electron chi connectivity index (χ3n) is 2.99. The van der Waals surface area contributed by atoms with Crippen molar-refractivity contribution in [2.24, 2.45) is 0 Å². The first kappa shape index (κ1) is 16.2. The number of amides is 2. The smallest absolute Gasteiger partial charge is 0.274 e. The highest BCUT2D eigenvalue weighted by molar-refractivity contribution is 8.00. The summed E-state index contributed by atoms with van der Waals surface area (Å²) in [6.45, 7) is 1.84. The van der Waals surface area contributed by atoms with Crippen molar-refractivity contribution in [1.82, 2.24) is 0 Å². The van der Waals surface area contributed by atoms with E-state index in [2.05, 4.69) is 0 Å². The summed E-state index contributed by atoms with van der Waals surface area (Å²) >= 11 is 6.83. The van der Waals surface area contributed by atoms with Crippen LogP contribution in [0.5, 0.6) is 0 Å². The number of nitrogens with zero attached hydrogens (tertiary/aromatic N) is 1. The van der Waals surface area contributed by atoms with E-state index in [0.29, 0.717) is 5.75 Å². The number of hydrogen-bond donors (Lipinski definition) is 0. The Morgan fingerprint density at radius 1 is 1.38 bits per heavy atom. The molecule has 0 spiro atoms. The molecule has 2 rings (SSSR count). The number of imide groups is 1. The van der Waals surface area contributed by atoms with Crippen molar-refractivity contribution in [2.75, 3.05) is 10.7 Å². The first-order valence-electron chi connectivity index (χ1n) is 6.10. The van der Waals surface area contributed by atoms with Crippen LogP contribution in [-0.2, 0) is 15.8 Å². The number of thioether (sulfide) groups is 1. The number of benzene rings is 1. The second kappa shape index (κ2) is 5.88. The number of carbonyl (C=O) groups is 2. The lowest BCUT2D eigenvalue weighted by atomic mass is 10.2. The van der Waals surface area contributed by atoms with E-state index in [-0.39, 0.29) is 12.1 Å². The molecule has 1 unspecified atom stereocenters. The molecule has 1 aromatic rings. The van der Waals surface area contributed by atoms with Crippen LogP contribution in [0.4, 0.5) is 18.9 Å². The van der Waals surface area contributed by atoms with E-state index in [1.807, 2.05) is 6.92 Å². The molecule has 1 aliphatic heterocycles. The minimum absolute atomic E-state index is 0.00131. The second-order valence-corrected chi connectivity index (χ2v) is 6.26. The predicted molar refractivity (Wildman–Crippen MR) is 75.5 cm³/mol. The van der Waals surface area contributed by atoms with Crippen LogP contribution < -0.4 is 4.90 Å². The van der Waals surface area contributed by atoms with Gasteiger partial charge in [-0.25, -0.2) is 4.90 Å². The van der Waals surface area contributed by atoms with Gasteiger partial charge in [-0.05, 0) is 24.0 Å². The molecule has 114 valence electrons. The Bertz CT molecular complexity index is 591. The van der Waals surface area contributed by atoms with E-state index >= 15 is 0 Å². The van der Waals surface area contributed by atoms with Gasteiger partial charge in [0.25, 0.3) is 0 Å². The highest BCUT2D eigenvalue weighted by atomic mass is 35.5. The van der Waals surface area contributed by atoms with Crippen LogP contribution in [-0.4, -0.2) is 22.8 Å². The first-order valence-corrected chi connectivity index (χ1v) is 7.53. The molecule has 1 fully saturated rings. The van der Waals surface area contributed by atoms with E-state index in [1.165, 1.54) is 17.8 Å². The Balaban J connectivity index is 2.39. The van der Waals surface area contributed by atoms with Gasteiger partial charge < -0.3 is 0 Å². The minimum Gasteiger partial charge on any atom is -0.274 e. The van der Waals surface area contributed by atoms with Crippen LogP contribution in [0.3, 0.4) is 0 Å². The van der Waals surface area contributed by atoms with Crippen molar-refractivity contribution < 1.29 is 22.8 Å². The molecule has 1 saturated heterocycles. The second-order valence-electron chi connectivity index (χ2n) is 4.38. The zero-order valence-corrected chi connectivity index (χ0v) is 12.5. The van der Waals surface area contributed by atoms with Gasteiger partial charge in [-0.3, -0.25) is 9.59 Å². The van der Waals surface area contributed by atoms with Gasteiger partial charge in [0.1, 0.15) is 0 Å². The Morgan fingerprint density at radius 3 is 2.62 bits per heavy atom. The van der Waals surface area contributed by atoms with Crippen molar-refractivity contribution in [2.45, 2.75) is 24.8 Å². The summed E-state index contributed by atoms with van der Waals surface area (Å²) in [5.41, 5.74) is -1.16. The maximum absolute atomic E-state index is 12.8. The van der Waals surface area contributed by atoms with E-state index in [1.54, 1.807) is 0 Å². The van der Waals surface area contributed by atoms with Crippen molar-refractivity contribution in [3.8, 4) is 0 Å². The summed E-state index contributed by atoms with van der Waals surface area (Å²) in [5, 5.41) is -1.00. The summed E-state index contributed by atoms with van der Waals surface area (Å²) in [7, 11) is 0. The van der Waals surface area contributed by atoms with Gasteiger partial charge in [-0.2, -0.15) is 13.2 Å². The maximum atomic E-state index is 12.8. The first-order chi connectivity index (χ1) is 9.75. The summed E-state index contributed by atoms with van der Waals surface area (Å²) < 4.78 is 38.5. The fourth-order valence-electron chi connectivity index (χ4n) is 2.08. The zero-order valence-electron chi connectivity index (χ0n) is 10.9. The Labute approximate surface area is 128 Å². The van der Waals surface area contributed by atoms with E-state index in [4.69, 9.17) is 11.6 Å². The van der Waals surface area contributed by atoms with Crippen LogP contribution in [0.1, 0.15) is 18.9 Å². The van der Waals surface area contributed by atoms with Crippen molar-refractivity contribution in [3.63, 3.8) is 0 Å². The Hall–Kier alpha value is -1.21. The molecule has 8 heteroatoms. The lowest BCUT2D eigenvalue weighted by molar-refractivity contribution is -0.137. The van der Waals surface area contributed by atoms with Gasteiger partial charge in [0.05, 0.1) is 21.5 Å². The maximum Gasteiger partial charge on any atom is 0.417 e. The quantitative estimate of drug-likeness (QED) is 0.788. The van der Waals surface area contributed by atoms with Crippen molar-refractivity contribution in [3.05, 3.63) is 28.8 Å². The largest absolute Gasteiger partial charge is 0.417 e. The molecule has 3 nitrogen and oxygen atoms in total. The molecule has 21 heavy (non-hydrogen) atoms. The van der Waals surface area contributed by atoms with E-state index < -0.39 is 33.8 Å². The topological polar surface area (TPSA) is 37.4 Å². The third-order valence-corrected chi connectivity index (χ3v) is 4.42. The van der Waals surface area contributed by atoms with Gasteiger partial charge in [-0.1, -0.05) is 18.5 Å². The molecule has 2 amide bonds. The molecule has 0 radical (unpaired) electrons. The normalized spacial score (nSPS) is 19.5. The van der Waals surface area contributed by atoms with Crippen LogP contribution in [0.2, 0.25) is 5.02 Å². The SMILES string of the molecule is CCSC1CC(=O)N(c2ccc(Cl)c(C(F)(F)F)c2)C1=O. The van der Waals surface area contributed by atoms with Crippen molar-refractivity contribution in [1.29, 1.82) is 0 Å². The molecule has 0 aromatic heterocycles. The molecule has 0 aliphatic carbocycles. The number of rotatable bonds is 3. The number of halogens is 4. The lowest BCUT2D eigenvalue weighted by Crippen LogP contribution is -2.31. The summed E-state index contributed by atoms with van der Waals surface area (Å²) in [6, 6.07) is 3.02. The Kier molecular flexibility index (Phi) is 4.53. The molecule has 0 N–H and O–H groups in total. The molecule has 0 bridgehead atoms. The van der Waals surface area contributed by atoms with Crippen LogP contribution in [0.15, 0.2) is 18.2 Å².